The van der Waals surface area contributed by atoms with Crippen LogP contribution >= 0.6 is 11.6 Å². The van der Waals surface area contributed by atoms with Gasteiger partial charge in [-0.2, -0.15) is 0 Å². The summed E-state index contributed by atoms with van der Waals surface area (Å²) in [5.41, 5.74) is 0.882. The molecular weight excluding hydrogens is 292 g/mol. The first-order chi connectivity index (χ1) is 9.95. The van der Waals surface area contributed by atoms with E-state index in [9.17, 15) is 9.59 Å². The fourth-order valence-electron chi connectivity index (χ4n) is 2.16. The van der Waals surface area contributed by atoms with Gasteiger partial charge in [0.25, 0.3) is 5.91 Å². The van der Waals surface area contributed by atoms with Crippen molar-refractivity contribution in [3.63, 3.8) is 0 Å². The minimum Gasteiger partial charge on any atom is -0.481 e. The summed E-state index contributed by atoms with van der Waals surface area (Å²) >= 11 is 5.89. The van der Waals surface area contributed by atoms with E-state index in [4.69, 9.17) is 16.3 Å². The van der Waals surface area contributed by atoms with Gasteiger partial charge in [0, 0.05) is 24.0 Å². The van der Waals surface area contributed by atoms with Gasteiger partial charge < -0.3 is 15.4 Å². The molecule has 1 aromatic carbocycles. The van der Waals surface area contributed by atoms with Crippen molar-refractivity contribution >= 4 is 23.4 Å². The molecule has 2 N–H and O–H groups in total. The van der Waals surface area contributed by atoms with Gasteiger partial charge in [0.1, 0.15) is 5.75 Å². The first kappa shape index (κ1) is 15.6. The summed E-state index contributed by atoms with van der Waals surface area (Å²) in [6.45, 7) is 4.05. The minimum atomic E-state index is -0.609. The predicted octanol–water partition coefficient (Wildman–Crippen LogP) is 1.81. The predicted molar refractivity (Wildman–Crippen MR) is 80.5 cm³/mol. The van der Waals surface area contributed by atoms with Crippen LogP contribution in [0, 0.1) is 6.92 Å². The molecule has 5 nitrogen and oxygen atoms in total. The van der Waals surface area contributed by atoms with E-state index in [0.29, 0.717) is 30.2 Å². The molecule has 0 bridgehead atoms. The van der Waals surface area contributed by atoms with Gasteiger partial charge in [-0.15, -0.1) is 0 Å². The van der Waals surface area contributed by atoms with Crippen LogP contribution in [-0.4, -0.2) is 30.5 Å². The molecule has 6 heteroatoms. The number of nitrogens with one attached hydrogen (secondary N) is 2. The maximum Gasteiger partial charge on any atom is 0.261 e. The Hall–Kier alpha value is -1.75. The zero-order valence-electron chi connectivity index (χ0n) is 12.1. The van der Waals surface area contributed by atoms with Gasteiger partial charge >= 0.3 is 0 Å². The van der Waals surface area contributed by atoms with Crippen molar-refractivity contribution in [2.24, 2.45) is 0 Å². The number of hydrogen-bond acceptors (Lipinski definition) is 3. The van der Waals surface area contributed by atoms with Crippen LogP contribution in [0.3, 0.4) is 0 Å². The van der Waals surface area contributed by atoms with Crippen molar-refractivity contribution in [2.45, 2.75) is 38.8 Å². The molecule has 1 aliphatic rings. The van der Waals surface area contributed by atoms with Gasteiger partial charge in [0.15, 0.2) is 6.10 Å². The Morgan fingerprint density at radius 1 is 1.52 bits per heavy atom. The van der Waals surface area contributed by atoms with Crippen LogP contribution in [0.2, 0.25) is 5.02 Å². The van der Waals surface area contributed by atoms with Crippen LogP contribution in [0.4, 0.5) is 0 Å². The summed E-state index contributed by atoms with van der Waals surface area (Å²) in [4.78, 5) is 23.2. The Bertz CT molecular complexity index is 538. The molecule has 0 radical (unpaired) electrons. The molecule has 0 aromatic heterocycles. The van der Waals surface area contributed by atoms with Crippen molar-refractivity contribution in [2.75, 3.05) is 6.54 Å². The van der Waals surface area contributed by atoms with E-state index in [1.165, 1.54) is 0 Å². The first-order valence-electron chi connectivity index (χ1n) is 6.95. The number of rotatable bonds is 4. The van der Waals surface area contributed by atoms with Crippen LogP contribution in [0.15, 0.2) is 18.2 Å². The van der Waals surface area contributed by atoms with Gasteiger partial charge in [-0.05, 0) is 44.0 Å². The smallest absolute Gasteiger partial charge is 0.261 e. The third-order valence-corrected chi connectivity index (χ3v) is 3.66. The number of hydrogen-bond donors (Lipinski definition) is 2. The van der Waals surface area contributed by atoms with E-state index in [0.717, 1.165) is 5.56 Å². The highest BCUT2D eigenvalue weighted by Gasteiger charge is 2.23. The second-order valence-electron chi connectivity index (χ2n) is 5.22. The van der Waals surface area contributed by atoms with Gasteiger partial charge in [-0.3, -0.25) is 9.59 Å². The minimum absolute atomic E-state index is 0.0292. The van der Waals surface area contributed by atoms with Crippen molar-refractivity contribution in [1.82, 2.24) is 10.6 Å². The number of piperidine rings is 1. The highest BCUT2D eigenvalue weighted by molar-refractivity contribution is 6.30. The molecule has 21 heavy (non-hydrogen) atoms. The number of carbonyl (C=O) groups excluding carboxylic acids is 2. The molecule has 1 saturated heterocycles. The molecule has 1 heterocycles. The molecule has 114 valence electrons. The zero-order chi connectivity index (χ0) is 15.4. The summed E-state index contributed by atoms with van der Waals surface area (Å²) < 4.78 is 5.67. The Morgan fingerprint density at radius 3 is 2.90 bits per heavy atom. The fraction of sp³-hybridized carbons (Fsp3) is 0.467. The number of amides is 2. The Balaban J connectivity index is 1.89. The largest absolute Gasteiger partial charge is 0.481 e. The highest BCUT2D eigenvalue weighted by Crippen LogP contribution is 2.22. The lowest BCUT2D eigenvalue weighted by molar-refractivity contribution is -0.129. The number of benzene rings is 1. The summed E-state index contributed by atoms with van der Waals surface area (Å²) in [7, 11) is 0. The van der Waals surface area contributed by atoms with Crippen LogP contribution in [0.5, 0.6) is 5.75 Å². The van der Waals surface area contributed by atoms with Crippen LogP contribution < -0.4 is 15.4 Å². The Morgan fingerprint density at radius 2 is 2.29 bits per heavy atom. The van der Waals surface area contributed by atoms with E-state index in [2.05, 4.69) is 10.6 Å². The summed E-state index contributed by atoms with van der Waals surface area (Å²) in [6, 6.07) is 5.23. The molecule has 0 aliphatic carbocycles. The molecular formula is C15H19ClN2O3. The van der Waals surface area contributed by atoms with Gasteiger partial charge in [0.05, 0.1) is 0 Å². The number of ether oxygens (including phenoxy) is 1. The van der Waals surface area contributed by atoms with E-state index in [-0.39, 0.29) is 17.9 Å². The molecule has 1 aliphatic heterocycles. The normalized spacial score (nSPS) is 19.6. The molecule has 1 fully saturated rings. The van der Waals surface area contributed by atoms with Crippen molar-refractivity contribution in [3.05, 3.63) is 28.8 Å². The van der Waals surface area contributed by atoms with E-state index in [1.807, 2.05) is 6.92 Å². The number of aryl methyl sites for hydroxylation is 1. The summed E-state index contributed by atoms with van der Waals surface area (Å²) in [5, 5.41) is 6.25. The molecule has 2 rings (SSSR count). The summed E-state index contributed by atoms with van der Waals surface area (Å²) in [6.07, 6.45) is 0.489. The lowest BCUT2D eigenvalue weighted by Gasteiger charge is -2.25. The van der Waals surface area contributed by atoms with Crippen molar-refractivity contribution in [3.8, 4) is 5.75 Å². The molecule has 0 unspecified atom stereocenters. The highest BCUT2D eigenvalue weighted by atomic mass is 35.5. The van der Waals surface area contributed by atoms with Crippen molar-refractivity contribution < 1.29 is 14.3 Å². The topological polar surface area (TPSA) is 67.4 Å². The molecule has 0 saturated carbocycles. The molecule has 0 spiro atoms. The van der Waals surface area contributed by atoms with Gasteiger partial charge in [-0.1, -0.05) is 11.6 Å². The molecule has 2 atom stereocenters. The zero-order valence-corrected chi connectivity index (χ0v) is 12.9. The van der Waals surface area contributed by atoms with Gasteiger partial charge in [-0.25, -0.2) is 0 Å². The lowest BCUT2D eigenvalue weighted by Crippen LogP contribution is -2.50. The maximum atomic E-state index is 12.1. The van der Waals surface area contributed by atoms with E-state index >= 15 is 0 Å². The third kappa shape index (κ3) is 4.36. The average molecular weight is 311 g/mol. The second-order valence-corrected chi connectivity index (χ2v) is 5.65. The molecule has 2 amide bonds. The average Bonchev–Trinajstić information content (AvgIpc) is 2.44. The van der Waals surface area contributed by atoms with Gasteiger partial charge in [0.2, 0.25) is 5.91 Å². The Kier molecular flexibility index (Phi) is 5.07. The second kappa shape index (κ2) is 6.80. The lowest BCUT2D eigenvalue weighted by atomic mass is 10.1. The SMILES string of the molecule is Cc1cc(Cl)ccc1O[C@@H](C)C(=O)N[C@H]1CCC(=O)NC1. The number of carbonyl (C=O) groups is 2. The first-order valence-corrected chi connectivity index (χ1v) is 7.33. The standard InChI is InChI=1S/C15H19ClN2O3/c1-9-7-11(16)3-5-13(9)21-10(2)15(20)18-12-4-6-14(19)17-8-12/h3,5,7,10,12H,4,6,8H2,1-2H3,(H,17,19)(H,18,20)/t10-,12-/m0/s1. The monoisotopic (exact) mass is 310 g/mol. The third-order valence-electron chi connectivity index (χ3n) is 3.42. The quantitative estimate of drug-likeness (QED) is 0.891. The number of halogens is 1. The maximum absolute atomic E-state index is 12.1. The van der Waals surface area contributed by atoms with Crippen LogP contribution in [0.25, 0.3) is 0 Å². The van der Waals surface area contributed by atoms with E-state index in [1.54, 1.807) is 25.1 Å². The fourth-order valence-corrected chi connectivity index (χ4v) is 2.39. The summed E-state index contributed by atoms with van der Waals surface area (Å²) in [5.74, 6) is 0.478. The van der Waals surface area contributed by atoms with E-state index < -0.39 is 6.10 Å². The Labute approximate surface area is 129 Å². The molecule has 1 aromatic rings. The van der Waals surface area contributed by atoms with Crippen LogP contribution in [-0.2, 0) is 9.59 Å². The van der Waals surface area contributed by atoms with Crippen molar-refractivity contribution in [1.29, 1.82) is 0 Å². The van der Waals surface area contributed by atoms with Crippen LogP contribution in [0.1, 0.15) is 25.3 Å².